The Labute approximate surface area is 720 Å². The molecular weight excluding hydrogens is 1550 g/mol. The Balaban J connectivity index is 0.000000135. The average Bonchev–Trinajstić information content (AvgIpc) is 0.827. The van der Waals surface area contributed by atoms with Gasteiger partial charge in [-0.1, -0.05) is 276 Å². The van der Waals surface area contributed by atoms with E-state index in [4.69, 9.17) is 0 Å². The largest absolute Gasteiger partial charge is 0.166 e. The molecule has 0 spiro atoms. The minimum Gasteiger partial charge on any atom is -0.0901 e. The standard InChI is InChI=1S/C29H29S2.C27H25S2.2C26H23S2/c1-22-10-18-27(19-11-22)31(26-8-6-5-7-9-26)28-20-16-25(17-21-28)30-24-14-12-23(13-15-24)29(2,3)4;1-20-4-10-23(11-5-20)28-24-12-18-27(19-13-24)29(25-14-6-21(2)7-15-25)26-16-8-22(3)9-17-26;1-20-8-14-24(15-9-20)28(25-16-10-21(2)11-17-25)26-18-12-23(13-19-26)27-22-6-4-3-5-7-22;1-20-8-12-22(13-9-20)27-23-14-18-26(19-15-23)28(24-6-4-3-5-7-24)25-16-10-21(2)11-17-25/h5-21H,1-4H3;4-19H,1-3H3;2*3-19H,1-2H3/q4*+1. The Kier molecular flexibility index (Phi) is 30.1. The molecule has 576 valence electrons. The summed E-state index contributed by atoms with van der Waals surface area (Å²) in [6.07, 6.45) is 0. The SMILES string of the molecule is Cc1ccc(Sc2ccc([S+](c3ccc(C)cc3)c3ccc(C)cc3)cc2)cc1.Cc1ccc(Sc2ccc([S+](c3ccccc3)c3ccc(C)cc3)cc2)cc1.Cc1ccc([S+](c2ccc(C)cc2)c2ccc(Sc3ccccc3)cc2)cc1.Cc1ccc([S+](c2ccccc2)c2ccc(Sc3ccc(C(C)(C)C)cc3)cc2)cc1. The van der Waals surface area contributed by atoms with Gasteiger partial charge in [0, 0.05) is 39.2 Å². The number of hydrogen-bond acceptors (Lipinski definition) is 4. The molecule has 2 atom stereocenters. The van der Waals surface area contributed by atoms with Crippen molar-refractivity contribution in [2.45, 2.75) is 179 Å². The van der Waals surface area contributed by atoms with Crippen molar-refractivity contribution in [3.05, 3.63) is 457 Å². The normalized spacial score (nSPS) is 11.6. The van der Waals surface area contributed by atoms with Crippen LogP contribution in [0.25, 0.3) is 0 Å². The fourth-order valence-electron chi connectivity index (χ4n) is 12.6. The molecule has 0 saturated heterocycles. The highest BCUT2D eigenvalue weighted by atomic mass is 32.2. The van der Waals surface area contributed by atoms with E-state index in [0.29, 0.717) is 0 Å². The zero-order valence-corrected chi connectivity index (χ0v) is 74.5. The summed E-state index contributed by atoms with van der Waals surface area (Å²) in [4.78, 5) is 26.4. The molecule has 0 fully saturated rings. The van der Waals surface area contributed by atoms with E-state index in [-0.39, 0.29) is 49.0 Å². The Bertz CT molecular complexity index is 5560. The van der Waals surface area contributed by atoms with Crippen molar-refractivity contribution in [2.75, 3.05) is 0 Å². The zero-order valence-electron chi connectivity index (χ0n) is 67.9. The van der Waals surface area contributed by atoms with Crippen LogP contribution in [0.1, 0.15) is 70.8 Å². The maximum atomic E-state index is 2.29. The van der Waals surface area contributed by atoms with Crippen molar-refractivity contribution in [1.29, 1.82) is 0 Å². The van der Waals surface area contributed by atoms with E-state index in [1.165, 1.54) is 148 Å². The molecule has 0 saturated carbocycles. The lowest BCUT2D eigenvalue weighted by Gasteiger charge is -2.19. The van der Waals surface area contributed by atoms with Crippen LogP contribution in [0, 0.1) is 55.4 Å². The van der Waals surface area contributed by atoms with E-state index in [2.05, 4.69) is 483 Å². The minimum atomic E-state index is -0.100. The van der Waals surface area contributed by atoms with Crippen LogP contribution >= 0.6 is 47.0 Å². The second-order valence-electron chi connectivity index (χ2n) is 29.7. The molecule has 0 nitrogen and oxygen atoms in total. The molecule has 0 amide bonds. The molecule has 0 aromatic heterocycles. The van der Waals surface area contributed by atoms with Gasteiger partial charge in [0.15, 0.2) is 58.7 Å². The quantitative estimate of drug-likeness (QED) is 0.0697. The van der Waals surface area contributed by atoms with Gasteiger partial charge in [0.2, 0.25) is 0 Å². The van der Waals surface area contributed by atoms with Gasteiger partial charge in [-0.05, 0) is 309 Å². The molecule has 16 rings (SSSR count). The maximum absolute atomic E-state index is 2.29. The minimum absolute atomic E-state index is 0.0900. The summed E-state index contributed by atoms with van der Waals surface area (Å²) < 4.78 is 0. The summed E-state index contributed by atoms with van der Waals surface area (Å²) in [7, 11) is -0.383. The van der Waals surface area contributed by atoms with Crippen LogP contribution in [0.3, 0.4) is 0 Å². The summed E-state index contributed by atoms with van der Waals surface area (Å²) >= 11 is 7.26. The lowest BCUT2D eigenvalue weighted by Crippen LogP contribution is -2.10. The molecule has 0 radical (unpaired) electrons. The molecule has 0 bridgehead atoms. The van der Waals surface area contributed by atoms with Crippen molar-refractivity contribution in [3.63, 3.8) is 0 Å². The monoisotopic (exact) mass is 1650 g/mol. The van der Waals surface area contributed by atoms with Crippen LogP contribution in [0.15, 0.2) is 504 Å². The molecule has 0 N–H and O–H groups in total. The van der Waals surface area contributed by atoms with Gasteiger partial charge in [0.1, 0.15) is 0 Å². The highest BCUT2D eigenvalue weighted by Gasteiger charge is 2.33. The first kappa shape index (κ1) is 84.2. The molecule has 0 aliphatic heterocycles. The Morgan fingerprint density at radius 1 is 0.147 bits per heavy atom. The van der Waals surface area contributed by atoms with Gasteiger partial charge in [-0.15, -0.1) is 0 Å². The van der Waals surface area contributed by atoms with Crippen LogP contribution in [-0.4, -0.2) is 0 Å². The number of aryl methyl sites for hydroxylation is 8. The van der Waals surface area contributed by atoms with Gasteiger partial charge in [0.25, 0.3) is 0 Å². The van der Waals surface area contributed by atoms with Crippen molar-refractivity contribution < 1.29 is 0 Å². The summed E-state index contributed by atoms with van der Waals surface area (Å²) in [5, 5.41) is 0. The van der Waals surface area contributed by atoms with E-state index in [1.54, 1.807) is 11.8 Å². The second kappa shape index (κ2) is 41.4. The first-order chi connectivity index (χ1) is 56.4. The van der Waals surface area contributed by atoms with Gasteiger partial charge in [-0.25, -0.2) is 0 Å². The Morgan fingerprint density at radius 3 is 0.457 bits per heavy atom. The van der Waals surface area contributed by atoms with Crippen LogP contribution in [0.5, 0.6) is 0 Å². The highest BCUT2D eigenvalue weighted by Crippen LogP contribution is 2.41. The Hall–Kier alpha value is -9.68. The maximum Gasteiger partial charge on any atom is 0.166 e. The van der Waals surface area contributed by atoms with E-state index in [9.17, 15) is 0 Å². The number of rotatable bonds is 20. The van der Waals surface area contributed by atoms with Crippen molar-refractivity contribution in [2.24, 2.45) is 0 Å². The number of hydrogen-bond donors (Lipinski definition) is 0. The predicted octanol–water partition coefficient (Wildman–Crippen LogP) is 31.5. The lowest BCUT2D eigenvalue weighted by atomic mass is 9.87. The first-order valence-electron chi connectivity index (χ1n) is 39.2. The summed E-state index contributed by atoms with van der Waals surface area (Å²) in [5.74, 6) is 0. The van der Waals surface area contributed by atoms with Crippen LogP contribution in [0.4, 0.5) is 0 Å². The van der Waals surface area contributed by atoms with Crippen LogP contribution < -0.4 is 0 Å². The molecule has 0 heterocycles. The number of benzene rings is 16. The van der Waals surface area contributed by atoms with Crippen molar-refractivity contribution in [3.8, 4) is 0 Å². The van der Waals surface area contributed by atoms with Gasteiger partial charge in [-0.2, -0.15) is 0 Å². The van der Waals surface area contributed by atoms with Crippen molar-refractivity contribution >= 4 is 90.6 Å². The average molecular weight is 1650 g/mol. The summed E-state index contributed by atoms with van der Waals surface area (Å²) in [6.45, 7) is 23.9. The molecular formula is C108H100S8+4. The molecule has 16 aromatic carbocycles. The molecule has 16 aromatic rings. The third-order valence-electron chi connectivity index (χ3n) is 19.2. The van der Waals surface area contributed by atoms with Crippen molar-refractivity contribution in [1.82, 2.24) is 0 Å². The third kappa shape index (κ3) is 24.2. The first-order valence-corrected chi connectivity index (χ1v) is 47.4. The topological polar surface area (TPSA) is 0 Å². The van der Waals surface area contributed by atoms with E-state index < -0.39 is 0 Å². The fraction of sp³-hybridized carbons (Fsp3) is 0.111. The molecule has 2 unspecified atom stereocenters. The van der Waals surface area contributed by atoms with Gasteiger partial charge >= 0.3 is 0 Å². The molecule has 116 heavy (non-hydrogen) atoms. The summed E-state index contributed by atoms with van der Waals surface area (Å²) in [6, 6.07) is 149. The predicted molar refractivity (Wildman–Crippen MR) is 505 cm³/mol. The van der Waals surface area contributed by atoms with E-state index >= 15 is 0 Å². The van der Waals surface area contributed by atoms with Gasteiger partial charge in [0.05, 0.1) is 43.6 Å². The zero-order chi connectivity index (χ0) is 80.8. The van der Waals surface area contributed by atoms with Gasteiger partial charge < -0.3 is 0 Å². The Morgan fingerprint density at radius 2 is 0.276 bits per heavy atom. The molecule has 0 aliphatic carbocycles. The van der Waals surface area contributed by atoms with Gasteiger partial charge in [-0.3, -0.25) is 0 Å². The van der Waals surface area contributed by atoms with E-state index in [0.717, 1.165) is 0 Å². The lowest BCUT2D eigenvalue weighted by molar-refractivity contribution is 0.590. The summed E-state index contributed by atoms with van der Waals surface area (Å²) in [5.41, 5.74) is 11.9. The van der Waals surface area contributed by atoms with E-state index in [1.807, 2.05) is 35.3 Å². The molecule has 0 aliphatic rings. The molecule has 8 heteroatoms. The van der Waals surface area contributed by atoms with Crippen LogP contribution in [0.2, 0.25) is 0 Å². The second-order valence-corrected chi connectivity index (χ2v) is 42.4. The third-order valence-corrected chi connectivity index (χ3v) is 32.2. The highest BCUT2D eigenvalue weighted by molar-refractivity contribution is 8.00. The smallest absolute Gasteiger partial charge is 0.0901 e. The fourth-order valence-corrected chi connectivity index (χ4v) is 24.1. The van der Waals surface area contributed by atoms with Crippen LogP contribution in [-0.2, 0) is 49.0 Å².